The zero-order valence-electron chi connectivity index (χ0n) is 8.04. The fourth-order valence-electron chi connectivity index (χ4n) is 1.54. The zero-order chi connectivity index (χ0) is 10.3. The maximum absolute atomic E-state index is 11.7. The van der Waals surface area contributed by atoms with Crippen LogP contribution in [-0.2, 0) is 7.05 Å². The molecule has 0 radical (unpaired) electrons. The molecule has 0 aliphatic carbocycles. The Hall–Kier alpha value is -1.28. The van der Waals surface area contributed by atoms with Crippen LogP contribution >= 0.6 is 11.6 Å². The average Bonchev–Trinajstić information content (AvgIpc) is 2.12. The highest BCUT2D eigenvalue weighted by Gasteiger charge is 2.04. The van der Waals surface area contributed by atoms with E-state index < -0.39 is 0 Å². The molecule has 2 rings (SSSR count). The first kappa shape index (κ1) is 9.28. The van der Waals surface area contributed by atoms with Crippen molar-refractivity contribution >= 4 is 22.4 Å². The predicted molar refractivity (Wildman–Crippen MR) is 58.9 cm³/mol. The summed E-state index contributed by atoms with van der Waals surface area (Å²) in [4.78, 5) is 11.7. The van der Waals surface area contributed by atoms with Crippen molar-refractivity contribution in [2.75, 3.05) is 0 Å². The average molecular weight is 208 g/mol. The van der Waals surface area contributed by atoms with Crippen molar-refractivity contribution in [1.82, 2.24) is 4.57 Å². The molecule has 0 saturated heterocycles. The molecule has 0 fully saturated rings. The molecule has 0 spiro atoms. The predicted octanol–water partition coefficient (Wildman–Crippen LogP) is 2.50. The molecule has 0 atom stereocenters. The monoisotopic (exact) mass is 207 g/mol. The van der Waals surface area contributed by atoms with E-state index in [1.54, 1.807) is 17.8 Å². The quantitative estimate of drug-likeness (QED) is 0.651. The summed E-state index contributed by atoms with van der Waals surface area (Å²) in [5, 5.41) is 2.14. The Morgan fingerprint density at radius 1 is 1.29 bits per heavy atom. The third kappa shape index (κ3) is 1.32. The molecule has 1 aromatic carbocycles. The Morgan fingerprint density at radius 3 is 2.71 bits per heavy atom. The van der Waals surface area contributed by atoms with Crippen LogP contribution in [0, 0.1) is 6.92 Å². The number of fused-ring (bicyclic) bond motifs is 1. The molecule has 2 aromatic rings. The summed E-state index contributed by atoms with van der Waals surface area (Å²) >= 11 is 6.04. The molecule has 0 unspecified atom stereocenters. The Kier molecular flexibility index (Phi) is 2.08. The van der Waals surface area contributed by atoms with Crippen LogP contribution in [0.4, 0.5) is 0 Å². The number of nitrogens with zero attached hydrogens (tertiary/aromatic N) is 1. The fraction of sp³-hybridized carbons (Fsp3) is 0.182. The van der Waals surface area contributed by atoms with Crippen LogP contribution in [-0.4, -0.2) is 4.57 Å². The van der Waals surface area contributed by atoms with Crippen LogP contribution < -0.4 is 5.56 Å². The van der Waals surface area contributed by atoms with Gasteiger partial charge in [0.05, 0.1) is 0 Å². The number of halogens is 1. The van der Waals surface area contributed by atoms with Crippen LogP contribution in [0.2, 0.25) is 5.02 Å². The van der Waals surface area contributed by atoms with E-state index >= 15 is 0 Å². The maximum atomic E-state index is 11.7. The molecule has 0 aliphatic heterocycles. The molecule has 1 aromatic heterocycles. The summed E-state index contributed by atoms with van der Waals surface area (Å²) in [6, 6.07) is 5.59. The fourth-order valence-corrected chi connectivity index (χ4v) is 1.88. The van der Waals surface area contributed by atoms with Gasteiger partial charge in [0.1, 0.15) is 0 Å². The van der Waals surface area contributed by atoms with Crippen molar-refractivity contribution in [3.63, 3.8) is 0 Å². The van der Waals surface area contributed by atoms with Gasteiger partial charge in [-0.15, -0.1) is 0 Å². The minimum absolute atomic E-state index is 0.00639. The van der Waals surface area contributed by atoms with E-state index in [1.807, 2.05) is 25.1 Å². The van der Waals surface area contributed by atoms with Gasteiger partial charge in [0.15, 0.2) is 0 Å². The summed E-state index contributed by atoms with van der Waals surface area (Å²) in [5.41, 5.74) is 0.999. The number of hydrogen-bond acceptors (Lipinski definition) is 1. The second kappa shape index (κ2) is 3.14. The van der Waals surface area contributed by atoms with Gasteiger partial charge < -0.3 is 4.57 Å². The number of hydrogen-bond donors (Lipinski definition) is 0. The smallest absolute Gasteiger partial charge is 0.258 e. The van der Waals surface area contributed by atoms with E-state index in [-0.39, 0.29) is 5.56 Å². The van der Waals surface area contributed by atoms with Gasteiger partial charge in [0.25, 0.3) is 5.56 Å². The van der Waals surface area contributed by atoms with Crippen LogP contribution in [0.5, 0.6) is 0 Å². The standard InChI is InChI=1S/C11H10ClNO/c1-7-5-9-8(10(12)6-7)3-4-13(2)11(9)14/h3-6H,1-2H3. The number of pyridine rings is 1. The Morgan fingerprint density at radius 2 is 2.00 bits per heavy atom. The highest BCUT2D eigenvalue weighted by molar-refractivity contribution is 6.35. The van der Waals surface area contributed by atoms with Gasteiger partial charge in [-0.3, -0.25) is 4.79 Å². The summed E-state index contributed by atoms with van der Waals surface area (Å²) in [5.74, 6) is 0. The molecule has 3 heteroatoms. The molecule has 0 amide bonds. The number of aromatic nitrogens is 1. The van der Waals surface area contributed by atoms with Gasteiger partial charge in [0.2, 0.25) is 0 Å². The Bertz CT molecular complexity index is 557. The molecule has 0 bridgehead atoms. The summed E-state index contributed by atoms with van der Waals surface area (Å²) in [7, 11) is 1.73. The van der Waals surface area contributed by atoms with E-state index in [1.165, 1.54) is 0 Å². The first-order valence-corrected chi connectivity index (χ1v) is 4.73. The van der Waals surface area contributed by atoms with Crippen LogP contribution in [0.15, 0.2) is 29.2 Å². The van der Waals surface area contributed by atoms with Crippen molar-refractivity contribution in [1.29, 1.82) is 0 Å². The lowest BCUT2D eigenvalue weighted by molar-refractivity contribution is 0.873. The maximum Gasteiger partial charge on any atom is 0.258 e. The third-order valence-electron chi connectivity index (χ3n) is 2.29. The van der Waals surface area contributed by atoms with E-state index in [0.29, 0.717) is 10.4 Å². The van der Waals surface area contributed by atoms with E-state index in [4.69, 9.17) is 11.6 Å². The highest BCUT2D eigenvalue weighted by Crippen LogP contribution is 2.22. The second-order valence-electron chi connectivity index (χ2n) is 3.44. The van der Waals surface area contributed by atoms with Gasteiger partial charge in [-0.05, 0) is 30.7 Å². The van der Waals surface area contributed by atoms with Crippen molar-refractivity contribution in [3.05, 3.63) is 45.3 Å². The lowest BCUT2D eigenvalue weighted by Crippen LogP contribution is -2.15. The molecule has 0 aliphatic rings. The Balaban J connectivity index is 3.03. The molecule has 1 heterocycles. The first-order valence-electron chi connectivity index (χ1n) is 4.35. The molecule has 2 nitrogen and oxygen atoms in total. The highest BCUT2D eigenvalue weighted by atomic mass is 35.5. The molecular weight excluding hydrogens is 198 g/mol. The number of aryl methyl sites for hydroxylation is 2. The van der Waals surface area contributed by atoms with Gasteiger partial charge >= 0.3 is 0 Å². The number of rotatable bonds is 0. The SMILES string of the molecule is Cc1cc(Cl)c2ccn(C)c(=O)c2c1. The minimum Gasteiger partial charge on any atom is -0.318 e. The van der Waals surface area contributed by atoms with Crippen LogP contribution in [0.1, 0.15) is 5.56 Å². The van der Waals surface area contributed by atoms with Crippen molar-refractivity contribution in [3.8, 4) is 0 Å². The van der Waals surface area contributed by atoms with E-state index in [2.05, 4.69) is 0 Å². The van der Waals surface area contributed by atoms with Gasteiger partial charge in [-0.1, -0.05) is 11.6 Å². The molecule has 0 N–H and O–H groups in total. The summed E-state index contributed by atoms with van der Waals surface area (Å²) in [6.07, 6.45) is 1.73. The zero-order valence-corrected chi connectivity index (χ0v) is 8.80. The van der Waals surface area contributed by atoms with Crippen molar-refractivity contribution < 1.29 is 0 Å². The summed E-state index contributed by atoms with van der Waals surface area (Å²) < 4.78 is 1.55. The van der Waals surface area contributed by atoms with Gasteiger partial charge in [-0.25, -0.2) is 0 Å². The normalized spacial score (nSPS) is 10.8. The largest absolute Gasteiger partial charge is 0.318 e. The molecule has 14 heavy (non-hydrogen) atoms. The third-order valence-corrected chi connectivity index (χ3v) is 2.60. The summed E-state index contributed by atoms with van der Waals surface area (Å²) in [6.45, 7) is 1.93. The number of benzene rings is 1. The van der Waals surface area contributed by atoms with Crippen LogP contribution in [0.3, 0.4) is 0 Å². The second-order valence-corrected chi connectivity index (χ2v) is 3.85. The van der Waals surface area contributed by atoms with E-state index in [9.17, 15) is 4.79 Å². The molecule has 0 saturated carbocycles. The van der Waals surface area contributed by atoms with Crippen molar-refractivity contribution in [2.45, 2.75) is 6.92 Å². The van der Waals surface area contributed by atoms with Gasteiger partial charge in [-0.2, -0.15) is 0 Å². The molecule has 72 valence electrons. The van der Waals surface area contributed by atoms with Gasteiger partial charge in [0, 0.05) is 29.0 Å². The topological polar surface area (TPSA) is 22.0 Å². The molecular formula is C11H10ClNO. The minimum atomic E-state index is -0.00639. The lowest BCUT2D eigenvalue weighted by atomic mass is 10.1. The lowest BCUT2D eigenvalue weighted by Gasteiger charge is -2.04. The Labute approximate surface area is 86.7 Å². The van der Waals surface area contributed by atoms with Crippen LogP contribution in [0.25, 0.3) is 10.8 Å². The van der Waals surface area contributed by atoms with Crippen molar-refractivity contribution in [2.24, 2.45) is 7.05 Å². The van der Waals surface area contributed by atoms with E-state index in [0.717, 1.165) is 10.9 Å². The first-order chi connectivity index (χ1) is 6.59.